The molecular weight excluding hydrogens is 751 g/mol. The van der Waals surface area contributed by atoms with Crippen LogP contribution >= 0.6 is 0 Å². The molecule has 1 atom stereocenters. The summed E-state index contributed by atoms with van der Waals surface area (Å²) in [5.41, 5.74) is 16.7. The molecule has 0 radical (unpaired) electrons. The van der Waals surface area contributed by atoms with Gasteiger partial charge in [0.2, 0.25) is 0 Å². The van der Waals surface area contributed by atoms with Gasteiger partial charge in [0.1, 0.15) is 5.84 Å². The molecule has 0 bridgehead atoms. The molecule has 10 aromatic rings. The minimum Gasteiger partial charge on any atom is -0.340 e. The van der Waals surface area contributed by atoms with Crippen LogP contribution in [-0.2, 0) is 0 Å². The Kier molecular flexibility index (Phi) is 9.61. The third-order valence-corrected chi connectivity index (χ3v) is 11.9. The number of fused-ring (bicyclic) bond motifs is 3. The summed E-state index contributed by atoms with van der Waals surface area (Å²) in [5.74, 6) is 0.850. The summed E-state index contributed by atoms with van der Waals surface area (Å²) < 4.78 is 0. The van der Waals surface area contributed by atoms with Gasteiger partial charge in [-0.25, -0.2) is 4.98 Å². The Balaban J connectivity index is 1.01. The molecular formula is C59H41N3. The fourth-order valence-corrected chi connectivity index (χ4v) is 8.80. The maximum Gasteiger partial charge on any atom is 0.133 e. The van der Waals surface area contributed by atoms with E-state index in [2.05, 4.69) is 230 Å². The van der Waals surface area contributed by atoms with Gasteiger partial charge >= 0.3 is 0 Å². The van der Waals surface area contributed by atoms with Crippen LogP contribution in [-0.4, -0.2) is 10.8 Å². The molecule has 1 aromatic heterocycles. The first-order valence-electron chi connectivity index (χ1n) is 21.2. The normalized spacial score (nSPS) is 13.6. The van der Waals surface area contributed by atoms with E-state index < -0.39 is 0 Å². The first-order chi connectivity index (χ1) is 30.7. The number of benzene rings is 9. The van der Waals surface area contributed by atoms with Gasteiger partial charge in [0, 0.05) is 22.2 Å². The van der Waals surface area contributed by atoms with Crippen molar-refractivity contribution in [2.75, 3.05) is 0 Å². The van der Waals surface area contributed by atoms with Crippen LogP contribution in [0.3, 0.4) is 0 Å². The molecule has 1 N–H and O–H groups in total. The lowest BCUT2D eigenvalue weighted by atomic mass is 9.90. The van der Waals surface area contributed by atoms with E-state index in [0.29, 0.717) is 0 Å². The van der Waals surface area contributed by atoms with Crippen molar-refractivity contribution in [3.63, 3.8) is 0 Å². The number of nitrogens with one attached hydrogen (secondary N) is 1. The van der Waals surface area contributed by atoms with Crippen molar-refractivity contribution in [3.05, 3.63) is 253 Å². The summed E-state index contributed by atoms with van der Waals surface area (Å²) in [4.78, 5) is 10.6. The second kappa shape index (κ2) is 16.1. The molecule has 0 aliphatic carbocycles. The van der Waals surface area contributed by atoms with Crippen LogP contribution in [0.4, 0.5) is 0 Å². The van der Waals surface area contributed by atoms with Crippen LogP contribution < -0.4 is 5.32 Å². The Bertz CT molecular complexity index is 3210. The highest BCUT2D eigenvalue weighted by Crippen LogP contribution is 2.40. The minimum atomic E-state index is -0.203. The molecule has 292 valence electrons. The van der Waals surface area contributed by atoms with Crippen LogP contribution in [0, 0.1) is 0 Å². The van der Waals surface area contributed by atoms with Crippen molar-refractivity contribution < 1.29 is 0 Å². The molecule has 0 fully saturated rings. The first kappa shape index (κ1) is 36.9. The summed E-state index contributed by atoms with van der Waals surface area (Å²) in [6.07, 6.45) is 2.27. The van der Waals surface area contributed by atoms with E-state index in [1.54, 1.807) is 0 Å². The van der Waals surface area contributed by atoms with Crippen molar-refractivity contribution >= 4 is 33.2 Å². The Hall–Kier alpha value is -8.14. The highest BCUT2D eigenvalue weighted by atomic mass is 15.0. The SMILES string of the molecule is C1=C(c2cc(-c3ccccc3)cc(-c3ccccc3)c2)NC(c2ccccc2)=NC1c1ccc(-c2cccc3c2ccc2nc(-c4ccccc4)cc(-c4ccccc4)c23)cc1. The maximum atomic E-state index is 5.34. The van der Waals surface area contributed by atoms with Crippen LogP contribution in [0.2, 0.25) is 0 Å². The molecule has 0 spiro atoms. The number of hydrogen-bond donors (Lipinski definition) is 1. The predicted molar refractivity (Wildman–Crippen MR) is 260 cm³/mol. The van der Waals surface area contributed by atoms with E-state index in [1.165, 1.54) is 49.7 Å². The molecule has 0 saturated heterocycles. The molecule has 0 amide bonds. The average Bonchev–Trinajstić information content (AvgIpc) is 3.37. The number of aromatic nitrogens is 1. The molecule has 9 aromatic carbocycles. The van der Waals surface area contributed by atoms with E-state index in [4.69, 9.17) is 9.98 Å². The third kappa shape index (κ3) is 7.16. The van der Waals surface area contributed by atoms with Crippen molar-refractivity contribution in [2.45, 2.75) is 6.04 Å². The quantitative estimate of drug-likeness (QED) is 0.156. The fraction of sp³-hybridized carbons (Fsp3) is 0.0169. The molecule has 3 nitrogen and oxygen atoms in total. The number of aliphatic imine (C=N–C) groups is 1. The van der Waals surface area contributed by atoms with Gasteiger partial charge < -0.3 is 5.32 Å². The Labute approximate surface area is 362 Å². The smallest absolute Gasteiger partial charge is 0.133 e. The van der Waals surface area contributed by atoms with Gasteiger partial charge in [-0.15, -0.1) is 0 Å². The lowest BCUT2D eigenvalue weighted by Gasteiger charge is -2.24. The highest BCUT2D eigenvalue weighted by molar-refractivity contribution is 6.17. The Morgan fingerprint density at radius 2 is 0.887 bits per heavy atom. The van der Waals surface area contributed by atoms with Crippen LogP contribution in [0.1, 0.15) is 22.7 Å². The zero-order valence-electron chi connectivity index (χ0n) is 34.0. The molecule has 2 heterocycles. The van der Waals surface area contributed by atoms with Crippen molar-refractivity contribution in [2.24, 2.45) is 4.99 Å². The number of amidine groups is 1. The van der Waals surface area contributed by atoms with Crippen molar-refractivity contribution in [3.8, 4) is 55.8 Å². The molecule has 1 aliphatic rings. The largest absolute Gasteiger partial charge is 0.340 e. The molecule has 0 saturated carbocycles. The lowest BCUT2D eigenvalue weighted by molar-refractivity contribution is 0.880. The molecule has 62 heavy (non-hydrogen) atoms. The van der Waals surface area contributed by atoms with E-state index in [0.717, 1.165) is 55.9 Å². The monoisotopic (exact) mass is 791 g/mol. The Morgan fingerprint density at radius 1 is 0.355 bits per heavy atom. The second-order valence-corrected chi connectivity index (χ2v) is 15.8. The van der Waals surface area contributed by atoms with Gasteiger partial charge in [0.25, 0.3) is 0 Å². The van der Waals surface area contributed by atoms with E-state index >= 15 is 0 Å². The first-order valence-corrected chi connectivity index (χ1v) is 21.2. The molecule has 1 aliphatic heterocycles. The van der Waals surface area contributed by atoms with Gasteiger partial charge in [-0.2, -0.15) is 0 Å². The number of rotatable bonds is 8. The number of nitrogens with zero attached hydrogens (tertiary/aromatic N) is 2. The minimum absolute atomic E-state index is 0.203. The summed E-state index contributed by atoms with van der Waals surface area (Å²) in [5, 5.41) is 7.29. The van der Waals surface area contributed by atoms with Crippen LogP contribution in [0.15, 0.2) is 242 Å². The van der Waals surface area contributed by atoms with Crippen LogP contribution in [0.5, 0.6) is 0 Å². The van der Waals surface area contributed by atoms with E-state index in [1.807, 2.05) is 12.1 Å². The van der Waals surface area contributed by atoms with E-state index in [-0.39, 0.29) is 6.04 Å². The molecule has 3 heteroatoms. The fourth-order valence-electron chi connectivity index (χ4n) is 8.80. The zero-order chi connectivity index (χ0) is 41.2. The summed E-state index contributed by atoms with van der Waals surface area (Å²) in [7, 11) is 0. The maximum absolute atomic E-state index is 5.34. The Morgan fingerprint density at radius 3 is 1.50 bits per heavy atom. The van der Waals surface area contributed by atoms with Crippen molar-refractivity contribution in [1.82, 2.24) is 10.3 Å². The summed E-state index contributed by atoms with van der Waals surface area (Å²) >= 11 is 0. The zero-order valence-corrected chi connectivity index (χ0v) is 34.0. The van der Waals surface area contributed by atoms with E-state index in [9.17, 15) is 0 Å². The number of pyridine rings is 1. The molecule has 11 rings (SSSR count). The topological polar surface area (TPSA) is 37.3 Å². The predicted octanol–water partition coefficient (Wildman–Crippen LogP) is 14.9. The summed E-state index contributed by atoms with van der Waals surface area (Å²) in [6, 6.07) is 81.8. The van der Waals surface area contributed by atoms with Gasteiger partial charge in [-0.05, 0) is 103 Å². The van der Waals surface area contributed by atoms with Gasteiger partial charge in [-0.1, -0.05) is 200 Å². The van der Waals surface area contributed by atoms with Gasteiger partial charge in [0.15, 0.2) is 0 Å². The average molecular weight is 792 g/mol. The highest BCUT2D eigenvalue weighted by Gasteiger charge is 2.21. The third-order valence-electron chi connectivity index (χ3n) is 11.9. The standard InChI is InChI=1S/C59H41N3/c1-6-17-40(18-7-1)47-35-48(41-19-8-2-9-20-41)37-49(36-47)57-39-56(61-59(62-57)46-25-14-5-15-26-46)45-31-29-43(30-32-45)50-27-16-28-52-51(50)33-34-54-58(52)53(42-21-10-3-11-22-42)38-55(60-54)44-23-12-4-13-24-44/h1-39,56H,(H,61,62). The van der Waals surface area contributed by atoms with Crippen LogP contribution in [0.25, 0.3) is 83.1 Å². The van der Waals surface area contributed by atoms with Crippen molar-refractivity contribution in [1.29, 1.82) is 0 Å². The van der Waals surface area contributed by atoms with Gasteiger partial charge in [0.05, 0.1) is 17.3 Å². The summed E-state index contributed by atoms with van der Waals surface area (Å²) in [6.45, 7) is 0. The molecule has 1 unspecified atom stereocenters. The number of hydrogen-bond acceptors (Lipinski definition) is 3. The second-order valence-electron chi connectivity index (χ2n) is 15.8. The lowest BCUT2D eigenvalue weighted by Crippen LogP contribution is -2.27. The van der Waals surface area contributed by atoms with Gasteiger partial charge in [-0.3, -0.25) is 4.99 Å².